The summed E-state index contributed by atoms with van der Waals surface area (Å²) >= 11 is 7.29. The molecule has 164 valence electrons. The number of nitrogens with one attached hydrogen (secondary N) is 2. The zero-order chi connectivity index (χ0) is 21.4. The van der Waals surface area contributed by atoms with Crippen molar-refractivity contribution in [2.45, 2.75) is 52.2 Å². The Balaban J connectivity index is 1.78. The van der Waals surface area contributed by atoms with Gasteiger partial charge in [-0.2, -0.15) is 0 Å². The predicted octanol–water partition coefficient (Wildman–Crippen LogP) is 3.64. The standard InChI is InChI=1S/C20H33ClN4O3S/c1-5-22-18(24-13-15(26)16-6-7-17(21)29-16)23-12-14-8-10-25(11-9-14)19(27)28-20(2,3)4/h6-7,14-15,26H,5,8-13H2,1-4H3,(H2,22,23,24). The number of hydrogen-bond acceptors (Lipinski definition) is 5. The molecule has 1 atom stereocenters. The van der Waals surface area contributed by atoms with Crippen LogP contribution >= 0.6 is 22.9 Å². The predicted molar refractivity (Wildman–Crippen MR) is 119 cm³/mol. The number of rotatable bonds is 6. The Hall–Kier alpha value is -1.51. The highest BCUT2D eigenvalue weighted by Gasteiger charge is 2.26. The molecule has 1 fully saturated rings. The number of aliphatic hydroxyl groups is 1. The van der Waals surface area contributed by atoms with Gasteiger partial charge in [0.15, 0.2) is 5.96 Å². The minimum Gasteiger partial charge on any atom is -0.444 e. The number of carbonyl (C=O) groups excluding carboxylic acids is 1. The molecular formula is C20H33ClN4O3S. The molecular weight excluding hydrogens is 412 g/mol. The number of thiophene rings is 1. The smallest absolute Gasteiger partial charge is 0.410 e. The number of nitrogens with zero attached hydrogens (tertiary/aromatic N) is 2. The Labute approximate surface area is 182 Å². The molecule has 2 heterocycles. The molecule has 1 aliphatic heterocycles. The highest BCUT2D eigenvalue weighted by molar-refractivity contribution is 7.16. The van der Waals surface area contributed by atoms with Gasteiger partial charge in [-0.25, -0.2) is 4.79 Å². The van der Waals surface area contributed by atoms with Crippen LogP contribution in [0.2, 0.25) is 4.34 Å². The van der Waals surface area contributed by atoms with Crippen LogP contribution in [0.25, 0.3) is 0 Å². The van der Waals surface area contributed by atoms with Gasteiger partial charge < -0.3 is 25.4 Å². The van der Waals surface area contributed by atoms with Crippen LogP contribution in [0.3, 0.4) is 0 Å². The summed E-state index contributed by atoms with van der Waals surface area (Å²) in [5.41, 5.74) is -0.467. The van der Waals surface area contributed by atoms with E-state index in [2.05, 4.69) is 15.6 Å². The van der Waals surface area contributed by atoms with Gasteiger partial charge in [0.25, 0.3) is 0 Å². The van der Waals surface area contributed by atoms with E-state index in [1.54, 1.807) is 11.0 Å². The lowest BCUT2D eigenvalue weighted by Crippen LogP contribution is -2.45. The highest BCUT2D eigenvalue weighted by Crippen LogP contribution is 2.27. The van der Waals surface area contributed by atoms with E-state index in [0.717, 1.165) is 30.8 Å². The monoisotopic (exact) mass is 444 g/mol. The van der Waals surface area contributed by atoms with E-state index in [0.29, 0.717) is 29.3 Å². The first-order valence-corrected chi connectivity index (χ1v) is 11.3. The molecule has 7 nitrogen and oxygen atoms in total. The van der Waals surface area contributed by atoms with Crippen LogP contribution < -0.4 is 10.6 Å². The lowest BCUT2D eigenvalue weighted by molar-refractivity contribution is 0.0185. The van der Waals surface area contributed by atoms with Crippen molar-refractivity contribution >= 4 is 35.0 Å². The Bertz CT molecular complexity index is 682. The normalized spacial score (nSPS) is 17.2. The maximum atomic E-state index is 12.2. The van der Waals surface area contributed by atoms with Crippen molar-refractivity contribution in [1.82, 2.24) is 15.5 Å². The van der Waals surface area contributed by atoms with Gasteiger partial charge in [-0.1, -0.05) is 11.6 Å². The lowest BCUT2D eigenvalue weighted by Gasteiger charge is -2.33. The van der Waals surface area contributed by atoms with Crippen molar-refractivity contribution in [3.05, 3.63) is 21.3 Å². The Morgan fingerprint density at radius 2 is 2.07 bits per heavy atom. The van der Waals surface area contributed by atoms with E-state index in [1.807, 2.05) is 33.8 Å². The van der Waals surface area contributed by atoms with E-state index < -0.39 is 11.7 Å². The fourth-order valence-electron chi connectivity index (χ4n) is 3.00. The minimum atomic E-state index is -0.667. The first-order valence-electron chi connectivity index (χ1n) is 10.1. The number of aliphatic imine (C=N–C) groups is 1. The lowest BCUT2D eigenvalue weighted by atomic mass is 9.97. The number of halogens is 1. The third-order valence-corrected chi connectivity index (χ3v) is 5.85. The van der Waals surface area contributed by atoms with Crippen LogP contribution in [0.1, 0.15) is 51.5 Å². The van der Waals surface area contributed by atoms with Gasteiger partial charge in [0, 0.05) is 31.1 Å². The summed E-state index contributed by atoms with van der Waals surface area (Å²) in [6.45, 7) is 10.8. The summed E-state index contributed by atoms with van der Waals surface area (Å²) in [6, 6.07) is 3.60. The largest absolute Gasteiger partial charge is 0.444 e. The quantitative estimate of drug-likeness (QED) is 0.460. The third-order valence-electron chi connectivity index (χ3n) is 4.51. The molecule has 0 bridgehead atoms. The van der Waals surface area contributed by atoms with Gasteiger partial charge in [0.2, 0.25) is 0 Å². The molecule has 0 saturated carbocycles. The highest BCUT2D eigenvalue weighted by atomic mass is 35.5. The molecule has 2 rings (SSSR count). The first-order chi connectivity index (χ1) is 13.7. The topological polar surface area (TPSA) is 86.2 Å². The molecule has 1 saturated heterocycles. The number of amides is 1. The Morgan fingerprint density at radius 3 is 2.62 bits per heavy atom. The zero-order valence-electron chi connectivity index (χ0n) is 17.7. The average Bonchev–Trinajstić information content (AvgIpc) is 3.09. The van der Waals surface area contributed by atoms with Crippen LogP contribution in [0, 0.1) is 5.92 Å². The molecule has 9 heteroatoms. The van der Waals surface area contributed by atoms with Crippen LogP contribution in [0.5, 0.6) is 0 Å². The van der Waals surface area contributed by atoms with Crippen LogP contribution in [0.4, 0.5) is 4.79 Å². The second kappa shape index (κ2) is 11.0. The fraction of sp³-hybridized carbons (Fsp3) is 0.700. The van der Waals surface area contributed by atoms with Crippen molar-refractivity contribution in [2.24, 2.45) is 10.9 Å². The third kappa shape index (κ3) is 8.40. The van der Waals surface area contributed by atoms with E-state index in [4.69, 9.17) is 16.3 Å². The van der Waals surface area contributed by atoms with E-state index in [-0.39, 0.29) is 12.6 Å². The summed E-state index contributed by atoms with van der Waals surface area (Å²) in [4.78, 5) is 19.2. The van der Waals surface area contributed by atoms with Crippen molar-refractivity contribution in [3.8, 4) is 0 Å². The zero-order valence-corrected chi connectivity index (χ0v) is 19.3. The van der Waals surface area contributed by atoms with E-state index in [1.165, 1.54) is 11.3 Å². The van der Waals surface area contributed by atoms with Crippen LogP contribution in [-0.4, -0.2) is 60.4 Å². The van der Waals surface area contributed by atoms with Crippen molar-refractivity contribution in [2.75, 3.05) is 32.7 Å². The molecule has 0 spiro atoms. The SMILES string of the molecule is CCNC(=NCC(O)c1ccc(Cl)s1)NCC1CCN(C(=O)OC(C)(C)C)CC1. The maximum absolute atomic E-state index is 12.2. The number of hydrogen-bond donors (Lipinski definition) is 3. The number of piperidine rings is 1. The fourth-order valence-corrected chi connectivity index (χ4v) is 4.04. The summed E-state index contributed by atoms with van der Waals surface area (Å²) in [5.74, 6) is 1.14. The molecule has 3 N–H and O–H groups in total. The first kappa shape index (κ1) is 23.8. The maximum Gasteiger partial charge on any atom is 0.410 e. The van der Waals surface area contributed by atoms with Gasteiger partial charge in [-0.15, -0.1) is 11.3 Å². The molecule has 1 unspecified atom stereocenters. The van der Waals surface area contributed by atoms with Gasteiger partial charge in [0.1, 0.15) is 11.7 Å². The van der Waals surface area contributed by atoms with Crippen molar-refractivity contribution in [3.63, 3.8) is 0 Å². The molecule has 1 aromatic rings. The molecule has 0 aliphatic carbocycles. The van der Waals surface area contributed by atoms with E-state index in [9.17, 15) is 9.90 Å². The minimum absolute atomic E-state index is 0.235. The number of ether oxygens (including phenoxy) is 1. The molecule has 1 aromatic heterocycles. The Morgan fingerprint density at radius 1 is 1.38 bits per heavy atom. The Kier molecular flexibility index (Phi) is 9.04. The summed E-state index contributed by atoms with van der Waals surface area (Å²) in [6.07, 6.45) is 0.936. The second-order valence-electron chi connectivity index (χ2n) is 8.17. The van der Waals surface area contributed by atoms with E-state index >= 15 is 0 Å². The molecule has 29 heavy (non-hydrogen) atoms. The number of guanidine groups is 1. The molecule has 1 aliphatic rings. The summed E-state index contributed by atoms with van der Waals surface area (Å²) in [7, 11) is 0. The van der Waals surface area contributed by atoms with Crippen molar-refractivity contribution in [1.29, 1.82) is 0 Å². The number of carbonyl (C=O) groups is 1. The summed E-state index contributed by atoms with van der Waals surface area (Å²) in [5, 5.41) is 16.8. The molecule has 1 amide bonds. The van der Waals surface area contributed by atoms with Gasteiger partial charge in [0.05, 0.1) is 10.9 Å². The van der Waals surface area contributed by atoms with Gasteiger partial charge >= 0.3 is 6.09 Å². The summed E-state index contributed by atoms with van der Waals surface area (Å²) < 4.78 is 6.10. The van der Waals surface area contributed by atoms with Crippen LogP contribution in [0.15, 0.2) is 17.1 Å². The van der Waals surface area contributed by atoms with Crippen LogP contribution in [-0.2, 0) is 4.74 Å². The second-order valence-corrected chi connectivity index (χ2v) is 9.92. The number of likely N-dealkylation sites (tertiary alicyclic amines) is 1. The molecule has 0 aromatic carbocycles. The average molecular weight is 445 g/mol. The number of aliphatic hydroxyl groups excluding tert-OH is 1. The van der Waals surface area contributed by atoms with Gasteiger partial charge in [-0.05, 0) is 58.6 Å². The van der Waals surface area contributed by atoms with Gasteiger partial charge in [-0.3, -0.25) is 4.99 Å². The van der Waals surface area contributed by atoms with Crippen molar-refractivity contribution < 1.29 is 14.6 Å². The molecule has 0 radical (unpaired) electrons.